The number of carbonyl (C=O) groups excluding carboxylic acids is 1. The highest BCUT2D eigenvalue weighted by atomic mass is 16.5. The van der Waals surface area contributed by atoms with E-state index in [9.17, 15) is 4.79 Å². The van der Waals surface area contributed by atoms with Crippen molar-refractivity contribution in [3.63, 3.8) is 0 Å². The number of rotatable bonds is 3. The molecule has 0 saturated carbocycles. The van der Waals surface area contributed by atoms with Crippen molar-refractivity contribution in [3.05, 3.63) is 41.6 Å². The van der Waals surface area contributed by atoms with E-state index in [0.29, 0.717) is 12.4 Å². The van der Waals surface area contributed by atoms with Gasteiger partial charge in [0.25, 0.3) is 0 Å². The molecule has 19 heavy (non-hydrogen) atoms. The van der Waals surface area contributed by atoms with Crippen molar-refractivity contribution in [1.29, 1.82) is 0 Å². The summed E-state index contributed by atoms with van der Waals surface area (Å²) >= 11 is 0. The molecule has 0 aliphatic carbocycles. The smallest absolute Gasteiger partial charge is 0.236 e. The summed E-state index contributed by atoms with van der Waals surface area (Å²) in [6.07, 6.45) is 0.859. The van der Waals surface area contributed by atoms with Crippen LogP contribution in [0.5, 0.6) is 5.75 Å². The Labute approximate surface area is 111 Å². The Hall–Kier alpha value is -2.30. The standard InChI is InChI=1S/C14H15N3O2/c1-2-9-7-13(17-16-9)15-14(18)11-8-19-12-6-4-3-5-10(11)12/h3-7,11H,2,8H2,1H3,(H2,15,16,17,18)/t11-/m0/s1. The van der Waals surface area contributed by atoms with Crippen molar-refractivity contribution < 1.29 is 9.53 Å². The molecule has 2 heterocycles. The number of aromatic amines is 1. The topological polar surface area (TPSA) is 67.0 Å². The van der Waals surface area contributed by atoms with Crippen molar-refractivity contribution in [3.8, 4) is 5.75 Å². The summed E-state index contributed by atoms with van der Waals surface area (Å²) in [4.78, 5) is 12.2. The molecule has 2 N–H and O–H groups in total. The molecule has 0 bridgehead atoms. The van der Waals surface area contributed by atoms with Gasteiger partial charge in [0.05, 0.1) is 0 Å². The van der Waals surface area contributed by atoms with Crippen molar-refractivity contribution in [2.45, 2.75) is 19.3 Å². The SMILES string of the molecule is CCc1cc(NC(=O)[C@H]2COc3ccccc32)n[nH]1. The number of ether oxygens (including phenoxy) is 1. The summed E-state index contributed by atoms with van der Waals surface area (Å²) in [5.41, 5.74) is 1.93. The van der Waals surface area contributed by atoms with Gasteiger partial charge in [0.2, 0.25) is 5.91 Å². The third-order valence-electron chi connectivity index (χ3n) is 3.28. The van der Waals surface area contributed by atoms with E-state index in [4.69, 9.17) is 4.74 Å². The van der Waals surface area contributed by atoms with E-state index < -0.39 is 0 Å². The molecule has 1 aliphatic heterocycles. The van der Waals surface area contributed by atoms with E-state index in [2.05, 4.69) is 15.5 Å². The van der Waals surface area contributed by atoms with E-state index in [1.807, 2.05) is 37.3 Å². The van der Waals surface area contributed by atoms with Crippen LogP contribution in [0.2, 0.25) is 0 Å². The van der Waals surface area contributed by atoms with Gasteiger partial charge in [0.1, 0.15) is 18.3 Å². The Morgan fingerprint density at radius 3 is 3.16 bits per heavy atom. The lowest BCUT2D eigenvalue weighted by molar-refractivity contribution is -0.117. The fourth-order valence-corrected chi connectivity index (χ4v) is 2.20. The van der Waals surface area contributed by atoms with Crippen LogP contribution < -0.4 is 10.1 Å². The van der Waals surface area contributed by atoms with Crippen molar-refractivity contribution in [2.24, 2.45) is 0 Å². The highest BCUT2D eigenvalue weighted by Crippen LogP contribution is 2.33. The van der Waals surface area contributed by atoms with Gasteiger partial charge in [-0.05, 0) is 12.5 Å². The molecule has 1 aliphatic rings. The predicted molar refractivity (Wildman–Crippen MR) is 71.3 cm³/mol. The lowest BCUT2D eigenvalue weighted by Crippen LogP contribution is -2.22. The Morgan fingerprint density at radius 1 is 1.53 bits per heavy atom. The van der Waals surface area contributed by atoms with E-state index in [0.717, 1.165) is 23.4 Å². The maximum Gasteiger partial charge on any atom is 0.236 e. The van der Waals surface area contributed by atoms with Gasteiger partial charge in [-0.3, -0.25) is 9.89 Å². The zero-order chi connectivity index (χ0) is 13.2. The first-order valence-corrected chi connectivity index (χ1v) is 6.35. The van der Waals surface area contributed by atoms with Crippen molar-refractivity contribution >= 4 is 11.7 Å². The molecule has 0 fully saturated rings. The molecule has 2 aromatic rings. The van der Waals surface area contributed by atoms with E-state index in [1.54, 1.807) is 0 Å². The maximum atomic E-state index is 12.2. The average Bonchev–Trinajstić information content (AvgIpc) is 3.04. The molecule has 98 valence electrons. The van der Waals surface area contributed by atoms with Crippen LogP contribution >= 0.6 is 0 Å². The third-order valence-corrected chi connectivity index (χ3v) is 3.28. The van der Waals surface area contributed by atoms with Crippen LogP contribution in [0.3, 0.4) is 0 Å². The summed E-state index contributed by atoms with van der Waals surface area (Å²) in [5.74, 6) is 1.00. The van der Waals surface area contributed by atoms with Crippen LogP contribution in [-0.4, -0.2) is 22.7 Å². The molecule has 0 unspecified atom stereocenters. The molecule has 1 aromatic heterocycles. The minimum Gasteiger partial charge on any atom is -0.492 e. The van der Waals surface area contributed by atoms with Crippen molar-refractivity contribution in [2.75, 3.05) is 11.9 Å². The van der Waals surface area contributed by atoms with Gasteiger partial charge in [0, 0.05) is 17.3 Å². The van der Waals surface area contributed by atoms with E-state index in [1.165, 1.54) is 0 Å². The summed E-state index contributed by atoms with van der Waals surface area (Å²) in [6.45, 7) is 2.41. The zero-order valence-corrected chi connectivity index (χ0v) is 10.6. The number of nitrogens with one attached hydrogen (secondary N) is 2. The summed E-state index contributed by atoms with van der Waals surface area (Å²) in [5, 5.41) is 9.75. The number of carbonyl (C=O) groups is 1. The first kappa shape index (κ1) is 11.8. The number of aryl methyl sites for hydroxylation is 1. The fourth-order valence-electron chi connectivity index (χ4n) is 2.20. The summed E-state index contributed by atoms with van der Waals surface area (Å²) in [6, 6.07) is 9.47. The van der Waals surface area contributed by atoms with Gasteiger partial charge >= 0.3 is 0 Å². The normalized spacial score (nSPS) is 16.8. The largest absolute Gasteiger partial charge is 0.492 e. The lowest BCUT2D eigenvalue weighted by Gasteiger charge is -2.07. The van der Waals surface area contributed by atoms with E-state index in [-0.39, 0.29) is 11.8 Å². The molecule has 5 nitrogen and oxygen atoms in total. The van der Waals surface area contributed by atoms with Gasteiger partial charge < -0.3 is 10.1 Å². The molecule has 1 amide bonds. The van der Waals surface area contributed by atoms with Gasteiger partial charge in [-0.25, -0.2) is 0 Å². The van der Waals surface area contributed by atoms with Crippen molar-refractivity contribution in [1.82, 2.24) is 10.2 Å². The molecule has 0 radical (unpaired) electrons. The number of fused-ring (bicyclic) bond motifs is 1. The lowest BCUT2D eigenvalue weighted by atomic mass is 10.0. The second-order valence-corrected chi connectivity index (χ2v) is 4.52. The number of amides is 1. The van der Waals surface area contributed by atoms with E-state index >= 15 is 0 Å². The monoisotopic (exact) mass is 257 g/mol. The molecular formula is C14H15N3O2. The van der Waals surface area contributed by atoms with Gasteiger partial charge in [-0.1, -0.05) is 25.1 Å². The summed E-state index contributed by atoms with van der Waals surface area (Å²) in [7, 11) is 0. The molecule has 1 aromatic carbocycles. The maximum absolute atomic E-state index is 12.2. The van der Waals surface area contributed by atoms with Crippen LogP contribution in [-0.2, 0) is 11.2 Å². The van der Waals surface area contributed by atoms with Crippen LogP contribution in [0.25, 0.3) is 0 Å². The molecule has 5 heteroatoms. The van der Waals surface area contributed by atoms with Crippen LogP contribution in [0, 0.1) is 0 Å². The quantitative estimate of drug-likeness (QED) is 0.884. The minimum absolute atomic E-state index is 0.0842. The molecule has 3 rings (SSSR count). The Kier molecular flexibility index (Phi) is 2.95. The molecule has 1 atom stereocenters. The first-order valence-electron chi connectivity index (χ1n) is 6.35. The predicted octanol–water partition coefficient (Wildman–Crippen LogP) is 2.09. The first-order chi connectivity index (χ1) is 9.28. The second-order valence-electron chi connectivity index (χ2n) is 4.52. The Balaban J connectivity index is 1.75. The number of para-hydroxylation sites is 1. The molecular weight excluding hydrogens is 242 g/mol. The average molecular weight is 257 g/mol. The fraction of sp³-hybridized carbons (Fsp3) is 0.286. The third kappa shape index (κ3) is 2.19. The van der Waals surface area contributed by atoms with Crippen LogP contribution in [0.15, 0.2) is 30.3 Å². The van der Waals surface area contributed by atoms with Crippen LogP contribution in [0.4, 0.5) is 5.82 Å². The number of nitrogens with zero attached hydrogens (tertiary/aromatic N) is 1. The second kappa shape index (κ2) is 4.76. The van der Waals surface area contributed by atoms with Gasteiger partial charge in [-0.2, -0.15) is 5.10 Å². The number of hydrogen-bond donors (Lipinski definition) is 2. The number of anilines is 1. The number of aromatic nitrogens is 2. The van der Waals surface area contributed by atoms with Crippen LogP contribution in [0.1, 0.15) is 24.1 Å². The van der Waals surface area contributed by atoms with Gasteiger partial charge in [0.15, 0.2) is 5.82 Å². The molecule has 0 spiro atoms. The highest BCUT2D eigenvalue weighted by molar-refractivity contribution is 5.96. The number of H-pyrrole nitrogens is 1. The van der Waals surface area contributed by atoms with Gasteiger partial charge in [-0.15, -0.1) is 0 Å². The number of benzene rings is 1. The highest BCUT2D eigenvalue weighted by Gasteiger charge is 2.30. The summed E-state index contributed by atoms with van der Waals surface area (Å²) < 4.78 is 5.51. The minimum atomic E-state index is -0.266. The Bertz CT molecular complexity index is 606. The Morgan fingerprint density at radius 2 is 2.37 bits per heavy atom. The zero-order valence-electron chi connectivity index (χ0n) is 10.6. The number of hydrogen-bond acceptors (Lipinski definition) is 3. The molecule has 0 saturated heterocycles.